The average Bonchev–Trinajstić information content (AvgIpc) is 2.44. The molecule has 1 heterocycles. The first-order valence-corrected chi connectivity index (χ1v) is 4.31. The van der Waals surface area contributed by atoms with Crippen molar-refractivity contribution in [2.24, 2.45) is 0 Å². The zero-order chi connectivity index (χ0) is 11.9. The molecule has 1 aliphatic heterocycles. The van der Waals surface area contributed by atoms with Gasteiger partial charge in [0.25, 0.3) is 11.8 Å². The highest BCUT2D eigenvalue weighted by Gasteiger charge is 2.31. The normalized spacial score (nSPS) is 15.6. The van der Waals surface area contributed by atoms with Gasteiger partial charge < -0.3 is 10.2 Å². The number of hydrogen-bond donors (Lipinski definition) is 3. The van der Waals surface area contributed by atoms with E-state index in [1.54, 1.807) is 0 Å². The Bertz CT molecular complexity index is 500. The number of imide groups is 1. The predicted octanol–water partition coefficient (Wildman–Crippen LogP) is 0.239. The summed E-state index contributed by atoms with van der Waals surface area (Å²) in [5.74, 6) is -2.24. The quantitative estimate of drug-likeness (QED) is 0.466. The number of nitrogens with zero attached hydrogens (tertiary/aromatic N) is 1. The van der Waals surface area contributed by atoms with E-state index in [0.717, 1.165) is 12.1 Å². The number of benzene rings is 1. The van der Waals surface area contributed by atoms with E-state index in [9.17, 15) is 19.8 Å². The molecule has 0 spiro atoms. The number of carbonyl (C=O) groups is 2. The molecule has 0 aromatic heterocycles. The Morgan fingerprint density at radius 2 is 1.56 bits per heavy atom. The van der Waals surface area contributed by atoms with Crippen molar-refractivity contribution in [2.75, 3.05) is 0 Å². The largest absolute Gasteiger partial charge is 0.508 e. The van der Waals surface area contributed by atoms with E-state index in [0.29, 0.717) is 0 Å². The fourth-order valence-electron chi connectivity index (χ4n) is 1.42. The topological polar surface area (TPSA) is 98.1 Å². The van der Waals surface area contributed by atoms with Crippen LogP contribution in [0.4, 0.5) is 0 Å². The second-order valence-electron chi connectivity index (χ2n) is 3.25. The van der Waals surface area contributed by atoms with Crippen LogP contribution in [-0.2, 0) is 9.59 Å². The van der Waals surface area contributed by atoms with Crippen molar-refractivity contribution in [2.45, 2.75) is 0 Å². The summed E-state index contributed by atoms with van der Waals surface area (Å²) in [6.45, 7) is 0. The van der Waals surface area contributed by atoms with Gasteiger partial charge in [-0.1, -0.05) is 0 Å². The molecule has 1 aliphatic rings. The van der Waals surface area contributed by atoms with Crippen LogP contribution in [0.5, 0.6) is 11.5 Å². The van der Waals surface area contributed by atoms with Gasteiger partial charge in [0.1, 0.15) is 11.5 Å². The number of rotatable bonds is 1. The Morgan fingerprint density at radius 3 is 2.00 bits per heavy atom. The summed E-state index contributed by atoms with van der Waals surface area (Å²) in [5, 5.41) is 27.4. The van der Waals surface area contributed by atoms with E-state index in [1.165, 1.54) is 12.1 Å². The molecule has 1 aromatic carbocycles. The molecular formula is C10H7NO5. The lowest BCUT2D eigenvalue weighted by molar-refractivity contribution is -0.168. The standard InChI is InChI=1S/C10H7NO5/c12-6-1-5(2-7(13)3-6)8-4-9(14)11(16)10(8)15/h1-4,12-13,16H. The number of amides is 2. The van der Waals surface area contributed by atoms with E-state index in [-0.39, 0.29) is 27.7 Å². The number of hydrogen-bond acceptors (Lipinski definition) is 5. The van der Waals surface area contributed by atoms with Gasteiger partial charge in [-0.25, -0.2) is 0 Å². The van der Waals surface area contributed by atoms with Gasteiger partial charge in [-0.05, 0) is 17.7 Å². The van der Waals surface area contributed by atoms with Crippen LogP contribution >= 0.6 is 0 Å². The third-order valence-corrected chi connectivity index (χ3v) is 2.11. The minimum Gasteiger partial charge on any atom is -0.508 e. The maximum absolute atomic E-state index is 11.4. The van der Waals surface area contributed by atoms with Gasteiger partial charge in [0.05, 0.1) is 5.57 Å². The molecule has 0 fully saturated rings. The van der Waals surface area contributed by atoms with E-state index < -0.39 is 11.8 Å². The highest BCUT2D eigenvalue weighted by atomic mass is 16.5. The first kappa shape index (κ1) is 10.2. The molecule has 0 atom stereocenters. The summed E-state index contributed by atoms with van der Waals surface area (Å²) in [5.41, 5.74) is 0.0751. The van der Waals surface area contributed by atoms with Gasteiger partial charge in [0.2, 0.25) is 0 Å². The van der Waals surface area contributed by atoms with Gasteiger partial charge in [0.15, 0.2) is 0 Å². The van der Waals surface area contributed by atoms with Crippen molar-refractivity contribution >= 4 is 17.4 Å². The first-order chi connectivity index (χ1) is 7.49. The van der Waals surface area contributed by atoms with Crippen molar-refractivity contribution < 1.29 is 25.0 Å². The summed E-state index contributed by atoms with van der Waals surface area (Å²) in [7, 11) is 0. The van der Waals surface area contributed by atoms with E-state index in [1.807, 2.05) is 0 Å². The van der Waals surface area contributed by atoms with Crippen LogP contribution in [0.2, 0.25) is 0 Å². The van der Waals surface area contributed by atoms with Gasteiger partial charge in [-0.2, -0.15) is 0 Å². The SMILES string of the molecule is O=C1C=C(c2cc(O)cc(O)c2)C(=O)N1O. The lowest BCUT2D eigenvalue weighted by Crippen LogP contribution is -2.26. The molecule has 6 nitrogen and oxygen atoms in total. The monoisotopic (exact) mass is 221 g/mol. The molecule has 6 heteroatoms. The minimum absolute atomic E-state index is 0.0313. The molecule has 0 aliphatic carbocycles. The number of hydroxylamine groups is 2. The van der Waals surface area contributed by atoms with Crippen LogP contribution in [0, 0.1) is 0 Å². The van der Waals surface area contributed by atoms with Crippen LogP contribution in [-0.4, -0.2) is 32.3 Å². The molecule has 2 amide bonds. The van der Waals surface area contributed by atoms with E-state index in [4.69, 9.17) is 5.21 Å². The van der Waals surface area contributed by atoms with Crippen LogP contribution in [0.1, 0.15) is 5.56 Å². The molecule has 0 bridgehead atoms. The van der Waals surface area contributed by atoms with Crippen LogP contribution < -0.4 is 0 Å². The fraction of sp³-hybridized carbons (Fsp3) is 0. The lowest BCUT2D eigenvalue weighted by Gasteiger charge is -2.05. The van der Waals surface area contributed by atoms with E-state index in [2.05, 4.69) is 0 Å². The Labute approximate surface area is 89.6 Å². The maximum atomic E-state index is 11.4. The van der Waals surface area contributed by atoms with Crippen molar-refractivity contribution in [3.05, 3.63) is 29.8 Å². The molecule has 0 radical (unpaired) electrons. The molecule has 0 saturated heterocycles. The highest BCUT2D eigenvalue weighted by molar-refractivity contribution is 6.32. The summed E-state index contributed by atoms with van der Waals surface area (Å²) in [6, 6.07) is 3.49. The van der Waals surface area contributed by atoms with Gasteiger partial charge >= 0.3 is 0 Å². The third-order valence-electron chi connectivity index (χ3n) is 2.11. The smallest absolute Gasteiger partial charge is 0.285 e. The highest BCUT2D eigenvalue weighted by Crippen LogP contribution is 2.28. The molecule has 16 heavy (non-hydrogen) atoms. The molecule has 1 aromatic rings. The van der Waals surface area contributed by atoms with Gasteiger partial charge in [-0.15, -0.1) is 5.06 Å². The van der Waals surface area contributed by atoms with Crippen molar-refractivity contribution in [1.82, 2.24) is 5.06 Å². The summed E-state index contributed by atoms with van der Waals surface area (Å²) in [6.07, 6.45) is 0.927. The molecule has 82 valence electrons. The fourth-order valence-corrected chi connectivity index (χ4v) is 1.42. The number of phenols is 2. The van der Waals surface area contributed by atoms with E-state index >= 15 is 0 Å². The summed E-state index contributed by atoms with van der Waals surface area (Å²) >= 11 is 0. The Kier molecular flexibility index (Phi) is 2.13. The van der Waals surface area contributed by atoms with Crippen LogP contribution in [0.15, 0.2) is 24.3 Å². The van der Waals surface area contributed by atoms with Crippen LogP contribution in [0.25, 0.3) is 5.57 Å². The lowest BCUT2D eigenvalue weighted by atomic mass is 10.1. The Morgan fingerprint density at radius 1 is 1.00 bits per heavy atom. The second-order valence-corrected chi connectivity index (χ2v) is 3.25. The van der Waals surface area contributed by atoms with Crippen molar-refractivity contribution in [3.63, 3.8) is 0 Å². The summed E-state index contributed by atoms with van der Waals surface area (Å²) in [4.78, 5) is 22.4. The average molecular weight is 221 g/mol. The second kappa shape index (κ2) is 3.35. The molecule has 2 rings (SSSR count). The third kappa shape index (κ3) is 1.51. The molecular weight excluding hydrogens is 214 g/mol. The van der Waals surface area contributed by atoms with Gasteiger partial charge in [0, 0.05) is 12.1 Å². The maximum Gasteiger partial charge on any atom is 0.285 e. The minimum atomic E-state index is -0.894. The first-order valence-electron chi connectivity index (χ1n) is 4.31. The Balaban J connectivity index is 2.50. The van der Waals surface area contributed by atoms with Crippen molar-refractivity contribution in [3.8, 4) is 11.5 Å². The number of carbonyl (C=O) groups excluding carboxylic acids is 2. The Hall–Kier alpha value is -2.34. The number of aromatic hydroxyl groups is 2. The van der Waals surface area contributed by atoms with Crippen molar-refractivity contribution in [1.29, 1.82) is 0 Å². The number of phenolic OH excluding ortho intramolecular Hbond substituents is 2. The molecule has 0 saturated carbocycles. The summed E-state index contributed by atoms with van der Waals surface area (Å²) < 4.78 is 0. The van der Waals surface area contributed by atoms with Crippen LogP contribution in [0.3, 0.4) is 0 Å². The molecule has 0 unspecified atom stereocenters. The molecule has 3 N–H and O–H groups in total. The van der Waals surface area contributed by atoms with Gasteiger partial charge in [-0.3, -0.25) is 14.8 Å². The zero-order valence-corrected chi connectivity index (χ0v) is 7.91. The zero-order valence-electron chi connectivity index (χ0n) is 7.91. The predicted molar refractivity (Wildman–Crippen MR) is 51.4 cm³/mol.